The number of furan rings is 1. The Morgan fingerprint density at radius 2 is 2.04 bits per heavy atom. The van der Waals surface area contributed by atoms with Crippen molar-refractivity contribution in [1.29, 1.82) is 0 Å². The SMILES string of the molecule is COc1cccc([C@@H]2CCCN2C(=O)c2ccc(C(=O)O)o2)c1. The minimum absolute atomic E-state index is 0.0530. The molecule has 6 nitrogen and oxygen atoms in total. The van der Waals surface area contributed by atoms with Crippen LogP contribution in [0.5, 0.6) is 5.75 Å². The van der Waals surface area contributed by atoms with Crippen molar-refractivity contribution in [3.63, 3.8) is 0 Å². The lowest BCUT2D eigenvalue weighted by molar-refractivity contribution is 0.0645. The Bertz CT molecular complexity index is 736. The minimum atomic E-state index is -1.19. The fourth-order valence-corrected chi connectivity index (χ4v) is 2.91. The zero-order valence-electron chi connectivity index (χ0n) is 12.7. The Labute approximate surface area is 133 Å². The summed E-state index contributed by atoms with van der Waals surface area (Å²) in [6.45, 7) is 0.615. The molecule has 0 spiro atoms. The smallest absolute Gasteiger partial charge is 0.371 e. The van der Waals surface area contributed by atoms with Crippen molar-refractivity contribution in [2.24, 2.45) is 0 Å². The fourth-order valence-electron chi connectivity index (χ4n) is 2.91. The van der Waals surface area contributed by atoms with Crippen LogP contribution in [-0.2, 0) is 0 Å². The number of methoxy groups -OCH3 is 1. The molecule has 1 aromatic heterocycles. The molecule has 0 aliphatic carbocycles. The van der Waals surface area contributed by atoms with E-state index in [1.54, 1.807) is 12.0 Å². The van der Waals surface area contributed by atoms with Crippen molar-refractivity contribution < 1.29 is 23.8 Å². The van der Waals surface area contributed by atoms with Crippen LogP contribution in [0.3, 0.4) is 0 Å². The molecule has 0 bridgehead atoms. The Balaban J connectivity index is 1.85. The number of benzene rings is 1. The van der Waals surface area contributed by atoms with E-state index in [9.17, 15) is 9.59 Å². The van der Waals surface area contributed by atoms with Crippen molar-refractivity contribution in [2.75, 3.05) is 13.7 Å². The molecule has 1 saturated heterocycles. The molecule has 6 heteroatoms. The summed E-state index contributed by atoms with van der Waals surface area (Å²) >= 11 is 0. The monoisotopic (exact) mass is 315 g/mol. The number of hydrogen-bond acceptors (Lipinski definition) is 4. The summed E-state index contributed by atoms with van der Waals surface area (Å²) in [7, 11) is 1.60. The van der Waals surface area contributed by atoms with Gasteiger partial charge >= 0.3 is 5.97 Å². The average Bonchev–Trinajstić information content (AvgIpc) is 3.23. The standard InChI is InChI=1S/C17H17NO5/c1-22-12-5-2-4-11(10-12)13-6-3-9-18(13)16(19)14-7-8-15(23-14)17(20)21/h2,4-5,7-8,10,13H,3,6,9H2,1H3,(H,20,21)/t13-/m0/s1. The Morgan fingerprint density at radius 3 is 2.74 bits per heavy atom. The Kier molecular flexibility index (Phi) is 4.06. The summed E-state index contributed by atoms with van der Waals surface area (Å²) in [6.07, 6.45) is 1.74. The highest BCUT2D eigenvalue weighted by molar-refractivity contribution is 5.94. The molecule has 23 heavy (non-hydrogen) atoms. The van der Waals surface area contributed by atoms with Crippen LogP contribution in [0, 0.1) is 0 Å². The normalized spacial score (nSPS) is 17.3. The molecule has 1 atom stereocenters. The van der Waals surface area contributed by atoms with Gasteiger partial charge in [-0.15, -0.1) is 0 Å². The van der Waals surface area contributed by atoms with E-state index < -0.39 is 5.97 Å². The molecule has 0 unspecified atom stereocenters. The first-order valence-electron chi connectivity index (χ1n) is 7.38. The number of ether oxygens (including phenoxy) is 1. The lowest BCUT2D eigenvalue weighted by Crippen LogP contribution is -2.30. The molecule has 1 aromatic carbocycles. The molecule has 3 rings (SSSR count). The van der Waals surface area contributed by atoms with E-state index in [0.29, 0.717) is 6.54 Å². The number of carbonyl (C=O) groups excluding carboxylic acids is 1. The van der Waals surface area contributed by atoms with E-state index in [4.69, 9.17) is 14.3 Å². The van der Waals surface area contributed by atoms with Crippen LogP contribution in [0.15, 0.2) is 40.8 Å². The minimum Gasteiger partial charge on any atom is -0.497 e. The molecular weight excluding hydrogens is 298 g/mol. The Morgan fingerprint density at radius 1 is 1.26 bits per heavy atom. The third-order valence-corrected chi connectivity index (χ3v) is 4.02. The summed E-state index contributed by atoms with van der Waals surface area (Å²) in [4.78, 5) is 25.2. The molecule has 1 N–H and O–H groups in total. The molecule has 0 saturated carbocycles. The van der Waals surface area contributed by atoms with Crippen LogP contribution in [-0.4, -0.2) is 35.5 Å². The molecule has 1 amide bonds. The molecule has 1 aliphatic heterocycles. The maximum Gasteiger partial charge on any atom is 0.371 e. The van der Waals surface area contributed by atoms with Gasteiger partial charge in [0.1, 0.15) is 5.75 Å². The lowest BCUT2D eigenvalue weighted by Gasteiger charge is -2.24. The molecule has 1 fully saturated rings. The van der Waals surface area contributed by atoms with Gasteiger partial charge in [0, 0.05) is 6.54 Å². The number of likely N-dealkylation sites (tertiary alicyclic amines) is 1. The third kappa shape index (κ3) is 2.92. The fraction of sp³-hybridized carbons (Fsp3) is 0.294. The van der Waals surface area contributed by atoms with Crippen LogP contribution >= 0.6 is 0 Å². The van der Waals surface area contributed by atoms with Gasteiger partial charge < -0.3 is 19.2 Å². The molecule has 1 aliphatic rings. The molecular formula is C17H17NO5. The summed E-state index contributed by atoms with van der Waals surface area (Å²) in [6, 6.07) is 10.3. The van der Waals surface area contributed by atoms with E-state index in [0.717, 1.165) is 24.2 Å². The summed E-state index contributed by atoms with van der Waals surface area (Å²) < 4.78 is 10.4. The first-order valence-corrected chi connectivity index (χ1v) is 7.38. The van der Waals surface area contributed by atoms with Gasteiger partial charge in [0.2, 0.25) is 5.76 Å². The zero-order chi connectivity index (χ0) is 16.4. The molecule has 0 radical (unpaired) electrons. The van der Waals surface area contributed by atoms with Gasteiger partial charge in [0.25, 0.3) is 5.91 Å². The lowest BCUT2D eigenvalue weighted by atomic mass is 10.0. The van der Waals surface area contributed by atoms with Gasteiger partial charge in [0.05, 0.1) is 13.2 Å². The second-order valence-electron chi connectivity index (χ2n) is 5.40. The van der Waals surface area contributed by atoms with E-state index in [-0.39, 0.29) is 23.5 Å². The highest BCUT2D eigenvalue weighted by Crippen LogP contribution is 2.34. The van der Waals surface area contributed by atoms with Crippen molar-refractivity contribution in [3.05, 3.63) is 53.5 Å². The number of hydrogen-bond donors (Lipinski definition) is 1. The van der Waals surface area contributed by atoms with E-state index in [1.807, 2.05) is 24.3 Å². The van der Waals surface area contributed by atoms with Crippen LogP contribution in [0.4, 0.5) is 0 Å². The van der Waals surface area contributed by atoms with Gasteiger partial charge in [-0.3, -0.25) is 4.79 Å². The number of carboxylic acid groups (broad SMARTS) is 1. The highest BCUT2D eigenvalue weighted by atomic mass is 16.5. The van der Waals surface area contributed by atoms with Crippen LogP contribution in [0.1, 0.15) is 45.6 Å². The molecule has 120 valence electrons. The van der Waals surface area contributed by atoms with E-state index in [2.05, 4.69) is 0 Å². The van der Waals surface area contributed by atoms with Gasteiger partial charge in [0.15, 0.2) is 5.76 Å². The van der Waals surface area contributed by atoms with Gasteiger partial charge in [-0.25, -0.2) is 4.79 Å². The largest absolute Gasteiger partial charge is 0.497 e. The van der Waals surface area contributed by atoms with Gasteiger partial charge in [-0.1, -0.05) is 12.1 Å². The predicted molar refractivity (Wildman–Crippen MR) is 81.7 cm³/mol. The highest BCUT2D eigenvalue weighted by Gasteiger charge is 2.32. The number of aromatic carboxylic acids is 1. The topological polar surface area (TPSA) is 80.0 Å². The van der Waals surface area contributed by atoms with E-state index in [1.165, 1.54) is 12.1 Å². The zero-order valence-corrected chi connectivity index (χ0v) is 12.7. The summed E-state index contributed by atoms with van der Waals surface area (Å²) in [5.41, 5.74) is 1.00. The predicted octanol–water partition coefficient (Wildman–Crippen LogP) is 2.96. The number of amides is 1. The Hall–Kier alpha value is -2.76. The second kappa shape index (κ2) is 6.16. The van der Waals surface area contributed by atoms with Crippen molar-refractivity contribution >= 4 is 11.9 Å². The van der Waals surface area contributed by atoms with Crippen molar-refractivity contribution in [3.8, 4) is 5.75 Å². The number of carboxylic acids is 1. The third-order valence-electron chi connectivity index (χ3n) is 4.02. The number of rotatable bonds is 4. The molecule has 2 aromatic rings. The van der Waals surface area contributed by atoms with Crippen molar-refractivity contribution in [1.82, 2.24) is 4.90 Å². The summed E-state index contributed by atoms with van der Waals surface area (Å²) in [5, 5.41) is 8.90. The van der Waals surface area contributed by atoms with Crippen LogP contribution in [0.2, 0.25) is 0 Å². The van der Waals surface area contributed by atoms with Gasteiger partial charge in [-0.2, -0.15) is 0 Å². The molecule has 2 heterocycles. The van der Waals surface area contributed by atoms with Crippen molar-refractivity contribution in [2.45, 2.75) is 18.9 Å². The van der Waals surface area contributed by atoms with Crippen LogP contribution < -0.4 is 4.74 Å². The van der Waals surface area contributed by atoms with E-state index >= 15 is 0 Å². The van der Waals surface area contributed by atoms with Gasteiger partial charge in [-0.05, 0) is 42.7 Å². The number of nitrogens with zero attached hydrogens (tertiary/aromatic N) is 1. The quantitative estimate of drug-likeness (QED) is 0.938. The van der Waals surface area contributed by atoms with Crippen LogP contribution in [0.25, 0.3) is 0 Å². The maximum atomic E-state index is 12.6. The number of carbonyl (C=O) groups is 2. The first kappa shape index (κ1) is 15.1. The maximum absolute atomic E-state index is 12.6. The summed E-state index contributed by atoms with van der Waals surface area (Å²) in [5.74, 6) is -0.909. The second-order valence-corrected chi connectivity index (χ2v) is 5.40. The average molecular weight is 315 g/mol. The first-order chi connectivity index (χ1) is 11.1.